The summed E-state index contributed by atoms with van der Waals surface area (Å²) in [6, 6.07) is 5.79. The van der Waals surface area contributed by atoms with E-state index in [1.54, 1.807) is 99.0 Å². The Bertz CT molecular complexity index is 2500. The molecule has 88 heavy (non-hydrogen) atoms. The number of allylic oxidation sites excluding steroid dienone is 12. The van der Waals surface area contributed by atoms with Gasteiger partial charge in [-0.15, -0.1) is 0 Å². The highest BCUT2D eigenvalue weighted by molar-refractivity contribution is 5.96. The Morgan fingerprint density at radius 3 is 1.93 bits per heavy atom. The van der Waals surface area contributed by atoms with Gasteiger partial charge in [-0.3, -0.25) is 19.2 Å². The Hall–Kier alpha value is -5.12. The van der Waals surface area contributed by atoms with E-state index in [1.165, 1.54) is 0 Å². The molecule has 1 aromatic carbocycles. The summed E-state index contributed by atoms with van der Waals surface area (Å²) in [5.74, 6) is -6.39. The number of likely N-dealkylation sites (tertiary alicyclic amines) is 1. The molecule has 22 nitrogen and oxygen atoms in total. The smallest absolute Gasteiger partial charge is 0.308 e. The summed E-state index contributed by atoms with van der Waals surface area (Å²) in [6.07, 6.45) is 6.78. The highest BCUT2D eigenvalue weighted by Crippen LogP contribution is 2.38. The van der Waals surface area contributed by atoms with Crippen LogP contribution in [0, 0.1) is 17.8 Å². The van der Waals surface area contributed by atoms with Gasteiger partial charge in [0.1, 0.15) is 18.0 Å². The molecule has 4 aliphatic rings. The van der Waals surface area contributed by atoms with Crippen molar-refractivity contribution < 1.29 is 89.2 Å². The fourth-order valence-electron chi connectivity index (χ4n) is 11.7. The molecule has 3 fully saturated rings. The zero-order valence-electron chi connectivity index (χ0n) is 51.5. The van der Waals surface area contributed by atoms with Gasteiger partial charge in [-0.05, 0) is 95.1 Å². The fraction of sp³-hybridized carbons (Fsp3) is 0.636. The number of ketones is 2. The van der Waals surface area contributed by atoms with E-state index in [1.807, 2.05) is 38.2 Å². The maximum atomic E-state index is 14.1. The van der Waals surface area contributed by atoms with Gasteiger partial charge in [-0.25, -0.2) is 0 Å². The summed E-state index contributed by atoms with van der Waals surface area (Å²) in [6.45, 7) is 7.91. The van der Waals surface area contributed by atoms with Crippen LogP contribution in [0.2, 0.25) is 0 Å². The van der Waals surface area contributed by atoms with Crippen molar-refractivity contribution in [2.75, 3.05) is 38.5 Å². The number of carbonyl (C=O) groups excluding carboxylic acids is 4. The van der Waals surface area contributed by atoms with Crippen LogP contribution < -0.4 is 16.4 Å². The molecular formula is C66H100N4O18. The number of cyclic esters (lactones) is 1. The molecule has 0 radical (unpaired) electrons. The Morgan fingerprint density at radius 1 is 0.727 bits per heavy atom. The van der Waals surface area contributed by atoms with Crippen LogP contribution in [0.4, 0.5) is 5.69 Å². The maximum Gasteiger partial charge on any atom is 0.308 e. The first kappa shape index (κ1) is 73.6. The van der Waals surface area contributed by atoms with Gasteiger partial charge < -0.3 is 91.3 Å². The number of aliphatic hydroxyl groups excluding tert-OH is 9. The Labute approximate surface area is 518 Å². The number of hydrogen-bond acceptors (Lipinski definition) is 21. The standard InChI is InChI=1S/C66H100N4O18/c1-42-20-16-13-11-9-7-5-6-8-10-12-14-17-21-54(86-65-62(82)60(67)61(81)44(3)85-65)39-57-59(64(83)69-28-31-70-29-18-15-19-30-70)56(79)41-66(84,88-57)40-53(77)36-51(75)34-49(73)32-48(72)33-50(74)35-52(76)38-58(80)87-63(42)43(2)22-27-47(71)37-55(78)45-23-25-46(68-4)26-24-45/h5-14,16-17,20-21,23-26,42-44,47-49,51-54,56-57,59-63,65,68,71-73,75-77,79,81-82,84H,15,18-19,22,27-41,67H2,1-4H3,(H,69,83)/b6-5-,9-7-,10-8+,13-11+,14-12+,20-16+,21-17+/t42?,43?,44-,47?,48?,49?,51?,52?,53?,54?,56?,57?,59?,60+,61-,62+,63?,65+,66?/m1/s1. The van der Waals surface area contributed by atoms with Crippen LogP contribution in [0.3, 0.4) is 0 Å². The van der Waals surface area contributed by atoms with E-state index in [-0.39, 0.29) is 56.3 Å². The molecule has 1 amide bonds. The maximum absolute atomic E-state index is 14.1. The number of carbonyl (C=O) groups is 4. The molecule has 0 spiro atoms. The minimum atomic E-state index is -2.27. The molecule has 0 saturated carbocycles. The van der Waals surface area contributed by atoms with Crippen LogP contribution in [0.15, 0.2) is 109 Å². The lowest BCUT2D eigenvalue weighted by Gasteiger charge is -2.46. The lowest BCUT2D eigenvalue weighted by atomic mass is 9.82. The van der Waals surface area contributed by atoms with E-state index < -0.39 is 160 Å². The number of anilines is 1. The first-order chi connectivity index (χ1) is 41.9. The first-order valence-corrected chi connectivity index (χ1v) is 31.2. The van der Waals surface area contributed by atoms with Gasteiger partial charge >= 0.3 is 5.97 Å². The molecule has 22 heteroatoms. The number of hydrogen-bond donors (Lipinski definition) is 13. The molecule has 5 rings (SSSR count). The molecule has 14 unspecified atom stereocenters. The van der Waals surface area contributed by atoms with Gasteiger partial charge in [-0.2, -0.15) is 0 Å². The van der Waals surface area contributed by atoms with Crippen molar-refractivity contribution >= 4 is 29.1 Å². The molecule has 4 heterocycles. The number of piperidine rings is 1. The molecule has 14 N–H and O–H groups in total. The third-order valence-corrected chi connectivity index (χ3v) is 16.6. The van der Waals surface area contributed by atoms with Gasteiger partial charge in [0.2, 0.25) is 5.91 Å². The number of nitrogens with two attached hydrogens (primary N) is 1. The van der Waals surface area contributed by atoms with Crippen LogP contribution in [0.1, 0.15) is 127 Å². The molecule has 4 aliphatic heterocycles. The second kappa shape index (κ2) is 37.9. The summed E-state index contributed by atoms with van der Waals surface area (Å²) in [4.78, 5) is 55.8. The number of esters is 1. The van der Waals surface area contributed by atoms with Gasteiger partial charge in [0.05, 0.1) is 85.5 Å². The zero-order chi connectivity index (χ0) is 64.3. The number of nitrogens with zero attached hydrogens (tertiary/aromatic N) is 1. The summed E-state index contributed by atoms with van der Waals surface area (Å²) >= 11 is 0. The van der Waals surface area contributed by atoms with Crippen molar-refractivity contribution in [3.05, 3.63) is 115 Å². The van der Waals surface area contributed by atoms with E-state index in [0.717, 1.165) is 38.0 Å². The van der Waals surface area contributed by atoms with E-state index in [2.05, 4.69) is 15.5 Å². The monoisotopic (exact) mass is 1240 g/mol. The number of rotatable bonds is 14. The van der Waals surface area contributed by atoms with Crippen molar-refractivity contribution in [1.29, 1.82) is 0 Å². The number of amides is 1. The highest BCUT2D eigenvalue weighted by Gasteiger charge is 2.51. The van der Waals surface area contributed by atoms with E-state index in [4.69, 9.17) is 24.7 Å². The number of aliphatic hydroxyl groups is 10. The number of benzene rings is 1. The Balaban J connectivity index is 1.35. The normalized spacial score (nSPS) is 36.9. The predicted octanol–water partition coefficient (Wildman–Crippen LogP) is 3.26. The minimum absolute atomic E-state index is 0.101. The lowest BCUT2D eigenvalue weighted by Crippen LogP contribution is -2.62. The van der Waals surface area contributed by atoms with Crippen molar-refractivity contribution in [3.8, 4) is 0 Å². The highest BCUT2D eigenvalue weighted by atomic mass is 16.7. The first-order valence-electron chi connectivity index (χ1n) is 31.2. The summed E-state index contributed by atoms with van der Waals surface area (Å²) in [7, 11) is 1.77. The summed E-state index contributed by atoms with van der Waals surface area (Å²) in [5.41, 5.74) is 7.48. The van der Waals surface area contributed by atoms with Crippen molar-refractivity contribution in [3.63, 3.8) is 0 Å². The number of fused-ring (bicyclic) bond motifs is 2. The molecule has 19 atom stereocenters. The van der Waals surface area contributed by atoms with Crippen molar-refractivity contribution in [1.82, 2.24) is 10.2 Å². The summed E-state index contributed by atoms with van der Waals surface area (Å²) < 4.78 is 24.4. The molecule has 3 saturated heterocycles. The Morgan fingerprint density at radius 2 is 1.31 bits per heavy atom. The molecule has 2 bridgehead atoms. The van der Waals surface area contributed by atoms with Crippen LogP contribution in [-0.2, 0) is 33.3 Å². The van der Waals surface area contributed by atoms with Gasteiger partial charge in [-0.1, -0.05) is 105 Å². The van der Waals surface area contributed by atoms with Gasteiger partial charge in [0, 0.05) is 75.8 Å². The third kappa shape index (κ3) is 25.6. The van der Waals surface area contributed by atoms with E-state index in [0.29, 0.717) is 18.5 Å². The van der Waals surface area contributed by atoms with Crippen molar-refractivity contribution in [2.45, 2.75) is 215 Å². The van der Waals surface area contributed by atoms with Crippen LogP contribution in [0.5, 0.6) is 0 Å². The van der Waals surface area contributed by atoms with Crippen molar-refractivity contribution in [2.24, 2.45) is 23.5 Å². The molecular weight excluding hydrogens is 1140 g/mol. The lowest BCUT2D eigenvalue weighted by molar-refractivity contribution is -0.307. The topological polar surface area (TPSA) is 361 Å². The van der Waals surface area contributed by atoms with Crippen LogP contribution >= 0.6 is 0 Å². The fourth-order valence-corrected chi connectivity index (χ4v) is 11.7. The molecule has 1 aromatic rings. The van der Waals surface area contributed by atoms with Gasteiger partial charge in [0.15, 0.2) is 17.9 Å². The number of ether oxygens (including phenoxy) is 4. The molecule has 0 aliphatic carbocycles. The number of Topliss-reactive ketones (excluding diaryl/α,β-unsaturated/α-hetero) is 2. The largest absolute Gasteiger partial charge is 0.461 e. The Kier molecular flexibility index (Phi) is 31.7. The SMILES string of the molecule is CNc1ccc(C(=O)CC(O)CCC(C)C2OC(=O)CC(O)CC(=O)CC(O)CC(O)CC(O)CC(O)CC3(O)CC(O)C(C(=O)NCCN4CCCCC4)C(CC(O[C@@H]4O[C@H](C)[C@@H](O)[C@H](N)[C@@H]4O)/C=C/C=C/C=C/C=C\C=C/C=C/C=C/C2C)O3)cc1. The second-order valence-corrected chi connectivity index (χ2v) is 24.3. The minimum Gasteiger partial charge on any atom is -0.461 e. The quantitative estimate of drug-likeness (QED) is 0.0939. The average molecular weight is 1240 g/mol. The summed E-state index contributed by atoms with van der Waals surface area (Å²) in [5, 5.41) is 117. The van der Waals surface area contributed by atoms with E-state index in [9.17, 15) is 70.2 Å². The van der Waals surface area contributed by atoms with E-state index >= 15 is 0 Å². The number of nitrogens with one attached hydrogen (secondary N) is 2. The average Bonchev–Trinajstić information content (AvgIpc) is 0.946. The predicted molar refractivity (Wildman–Crippen MR) is 331 cm³/mol. The molecule has 0 aromatic heterocycles. The second-order valence-electron chi connectivity index (χ2n) is 24.3. The van der Waals surface area contributed by atoms with Crippen LogP contribution in [-0.4, -0.2) is 210 Å². The van der Waals surface area contributed by atoms with Gasteiger partial charge in [0.25, 0.3) is 0 Å². The molecule has 492 valence electrons. The zero-order valence-corrected chi connectivity index (χ0v) is 51.5. The van der Waals surface area contributed by atoms with Crippen LogP contribution in [0.25, 0.3) is 0 Å². The third-order valence-electron chi connectivity index (χ3n) is 16.6.